The number of carbonyl (C=O) groups is 1. The molecule has 1 aliphatic heterocycles. The zero-order chi connectivity index (χ0) is 13.9. The first kappa shape index (κ1) is 12.3. The second kappa shape index (κ2) is 5.13. The van der Waals surface area contributed by atoms with Gasteiger partial charge in [-0.2, -0.15) is 0 Å². The van der Waals surface area contributed by atoms with Gasteiger partial charge in [-0.1, -0.05) is 36.4 Å². The number of nitrogens with zero attached hydrogens (tertiary/aromatic N) is 3. The molecule has 0 unspecified atom stereocenters. The Balaban J connectivity index is 1.95. The molecule has 5 nitrogen and oxygen atoms in total. The number of hydrogen-bond donors (Lipinski definition) is 1. The van der Waals surface area contributed by atoms with E-state index in [4.69, 9.17) is 5.73 Å². The molecule has 0 atom stereocenters. The molecule has 20 heavy (non-hydrogen) atoms. The van der Waals surface area contributed by atoms with Gasteiger partial charge in [-0.05, 0) is 11.6 Å². The molecule has 100 valence electrons. The van der Waals surface area contributed by atoms with E-state index in [1.807, 2.05) is 42.5 Å². The van der Waals surface area contributed by atoms with Crippen LogP contribution < -0.4 is 5.73 Å². The van der Waals surface area contributed by atoms with Crippen molar-refractivity contribution in [2.75, 3.05) is 5.73 Å². The Morgan fingerprint density at radius 3 is 2.65 bits per heavy atom. The molecule has 1 aromatic carbocycles. The molecule has 0 fully saturated rings. The van der Waals surface area contributed by atoms with E-state index < -0.39 is 0 Å². The van der Waals surface area contributed by atoms with Crippen molar-refractivity contribution in [1.29, 1.82) is 0 Å². The van der Waals surface area contributed by atoms with Crippen LogP contribution in [0.25, 0.3) is 12.2 Å². The van der Waals surface area contributed by atoms with Crippen LogP contribution in [0.1, 0.15) is 22.5 Å². The van der Waals surface area contributed by atoms with E-state index in [9.17, 15) is 4.79 Å². The van der Waals surface area contributed by atoms with E-state index in [1.165, 1.54) is 0 Å². The monoisotopic (exact) mass is 266 g/mol. The lowest BCUT2D eigenvalue weighted by molar-refractivity contribution is -0.118. The maximum absolute atomic E-state index is 10.9. The molecule has 5 heteroatoms. The standard InChI is InChI=1S/C15H14N4O/c16-15-17-13(7-6-11-4-2-1-3-5-11)12-8-19(10-20)9-14(12)18-15/h1-7,10H,8-9H2,(H2,16,17,18)/b7-6+. The first-order valence-electron chi connectivity index (χ1n) is 6.34. The first-order chi connectivity index (χ1) is 9.76. The van der Waals surface area contributed by atoms with Crippen molar-refractivity contribution in [3.05, 3.63) is 52.8 Å². The minimum Gasteiger partial charge on any atom is -0.368 e. The molecule has 0 bridgehead atoms. The molecular formula is C15H14N4O. The predicted molar refractivity (Wildman–Crippen MR) is 77.1 cm³/mol. The van der Waals surface area contributed by atoms with Crippen LogP contribution in [0.4, 0.5) is 5.95 Å². The van der Waals surface area contributed by atoms with Crippen LogP contribution in [0.2, 0.25) is 0 Å². The fraction of sp³-hybridized carbons (Fsp3) is 0.133. The normalized spacial score (nSPS) is 13.7. The molecule has 2 aromatic rings. The summed E-state index contributed by atoms with van der Waals surface area (Å²) in [6.07, 6.45) is 4.72. The van der Waals surface area contributed by atoms with Gasteiger partial charge in [0.25, 0.3) is 0 Å². The summed E-state index contributed by atoms with van der Waals surface area (Å²) in [7, 11) is 0. The van der Waals surface area contributed by atoms with Gasteiger partial charge in [0.2, 0.25) is 12.4 Å². The zero-order valence-corrected chi connectivity index (χ0v) is 10.9. The fourth-order valence-electron chi connectivity index (χ4n) is 2.28. The fourth-order valence-corrected chi connectivity index (χ4v) is 2.28. The van der Waals surface area contributed by atoms with Crippen molar-refractivity contribution in [3.8, 4) is 0 Å². The summed E-state index contributed by atoms with van der Waals surface area (Å²) in [5.41, 5.74) is 9.39. The molecule has 0 saturated carbocycles. The van der Waals surface area contributed by atoms with Crippen LogP contribution in [0.5, 0.6) is 0 Å². The number of anilines is 1. The van der Waals surface area contributed by atoms with Crippen molar-refractivity contribution < 1.29 is 4.79 Å². The minimum absolute atomic E-state index is 0.240. The predicted octanol–water partition coefficient (Wildman–Crippen LogP) is 1.70. The van der Waals surface area contributed by atoms with Crippen LogP contribution >= 0.6 is 0 Å². The summed E-state index contributed by atoms with van der Waals surface area (Å²) in [6.45, 7) is 1.03. The van der Waals surface area contributed by atoms with Gasteiger partial charge in [-0.15, -0.1) is 0 Å². The maximum atomic E-state index is 10.9. The number of nitrogen functional groups attached to an aromatic ring is 1. The number of amides is 1. The smallest absolute Gasteiger partial charge is 0.220 e. The maximum Gasteiger partial charge on any atom is 0.220 e. The summed E-state index contributed by atoms with van der Waals surface area (Å²) >= 11 is 0. The Morgan fingerprint density at radius 2 is 1.90 bits per heavy atom. The molecule has 2 N–H and O–H groups in total. The van der Waals surface area contributed by atoms with Crippen molar-refractivity contribution in [1.82, 2.24) is 14.9 Å². The van der Waals surface area contributed by atoms with Gasteiger partial charge in [0.05, 0.1) is 17.9 Å². The Labute approximate surface area is 116 Å². The molecule has 1 amide bonds. The molecule has 1 aliphatic rings. The summed E-state index contributed by atoms with van der Waals surface area (Å²) in [6, 6.07) is 9.96. The minimum atomic E-state index is 0.240. The number of aromatic nitrogens is 2. The second-order valence-electron chi connectivity index (χ2n) is 4.65. The van der Waals surface area contributed by atoms with E-state index in [2.05, 4.69) is 9.97 Å². The Hall–Kier alpha value is -2.69. The summed E-state index contributed by atoms with van der Waals surface area (Å²) in [5.74, 6) is 0.240. The van der Waals surface area contributed by atoms with E-state index in [0.717, 1.165) is 28.9 Å². The van der Waals surface area contributed by atoms with E-state index in [1.54, 1.807) is 4.90 Å². The number of fused-ring (bicyclic) bond motifs is 1. The van der Waals surface area contributed by atoms with Crippen molar-refractivity contribution in [2.45, 2.75) is 13.1 Å². The molecule has 0 aliphatic carbocycles. The summed E-state index contributed by atoms with van der Waals surface area (Å²) in [4.78, 5) is 21.0. The van der Waals surface area contributed by atoms with Crippen molar-refractivity contribution >= 4 is 24.5 Å². The highest BCUT2D eigenvalue weighted by Gasteiger charge is 2.22. The third kappa shape index (κ3) is 2.38. The lowest BCUT2D eigenvalue weighted by Gasteiger charge is -2.05. The Kier molecular flexibility index (Phi) is 3.16. The molecule has 0 saturated heterocycles. The highest BCUT2D eigenvalue weighted by Crippen LogP contribution is 2.24. The largest absolute Gasteiger partial charge is 0.368 e. The number of carbonyl (C=O) groups excluding carboxylic acids is 1. The highest BCUT2D eigenvalue weighted by atomic mass is 16.1. The third-order valence-corrected chi connectivity index (χ3v) is 3.24. The van der Waals surface area contributed by atoms with Gasteiger partial charge in [0.15, 0.2) is 0 Å². The molecule has 2 heterocycles. The van der Waals surface area contributed by atoms with Crippen LogP contribution in [-0.4, -0.2) is 21.3 Å². The average Bonchev–Trinajstić information content (AvgIpc) is 2.88. The number of hydrogen-bond acceptors (Lipinski definition) is 4. The van der Waals surface area contributed by atoms with Crippen LogP contribution in [-0.2, 0) is 17.9 Å². The van der Waals surface area contributed by atoms with Gasteiger partial charge in [-0.3, -0.25) is 4.79 Å². The van der Waals surface area contributed by atoms with Crippen molar-refractivity contribution in [3.63, 3.8) is 0 Å². The lowest BCUT2D eigenvalue weighted by atomic mass is 10.1. The second-order valence-corrected chi connectivity index (χ2v) is 4.65. The lowest BCUT2D eigenvalue weighted by Crippen LogP contribution is -2.12. The molecule has 0 spiro atoms. The van der Waals surface area contributed by atoms with Crippen LogP contribution in [0, 0.1) is 0 Å². The Bertz CT molecular complexity index is 667. The van der Waals surface area contributed by atoms with Gasteiger partial charge >= 0.3 is 0 Å². The van der Waals surface area contributed by atoms with Gasteiger partial charge in [0.1, 0.15) is 0 Å². The number of benzene rings is 1. The summed E-state index contributed by atoms with van der Waals surface area (Å²) < 4.78 is 0. The average molecular weight is 266 g/mol. The van der Waals surface area contributed by atoms with Gasteiger partial charge < -0.3 is 10.6 Å². The SMILES string of the molecule is Nc1nc(/C=C/c2ccccc2)c2c(n1)CN(C=O)C2. The number of nitrogens with two attached hydrogens (primary N) is 1. The highest BCUT2D eigenvalue weighted by molar-refractivity contribution is 5.70. The third-order valence-electron chi connectivity index (χ3n) is 3.24. The molecule has 3 rings (SSSR count). The first-order valence-corrected chi connectivity index (χ1v) is 6.34. The van der Waals surface area contributed by atoms with Gasteiger partial charge in [0, 0.05) is 12.1 Å². The van der Waals surface area contributed by atoms with Crippen LogP contribution in [0.15, 0.2) is 30.3 Å². The van der Waals surface area contributed by atoms with Crippen LogP contribution in [0.3, 0.4) is 0 Å². The molecular weight excluding hydrogens is 252 g/mol. The topological polar surface area (TPSA) is 72.1 Å². The summed E-state index contributed by atoms with van der Waals surface area (Å²) in [5, 5.41) is 0. The van der Waals surface area contributed by atoms with Gasteiger partial charge in [-0.25, -0.2) is 9.97 Å². The van der Waals surface area contributed by atoms with E-state index in [-0.39, 0.29) is 5.95 Å². The van der Waals surface area contributed by atoms with Crippen molar-refractivity contribution in [2.24, 2.45) is 0 Å². The van der Waals surface area contributed by atoms with E-state index >= 15 is 0 Å². The number of rotatable bonds is 3. The zero-order valence-electron chi connectivity index (χ0n) is 10.9. The molecule has 0 radical (unpaired) electrons. The molecule has 1 aromatic heterocycles. The Morgan fingerprint density at radius 1 is 1.10 bits per heavy atom. The quantitative estimate of drug-likeness (QED) is 0.858. The van der Waals surface area contributed by atoms with E-state index in [0.29, 0.717) is 13.1 Å².